The molecule has 0 saturated heterocycles. The van der Waals surface area contributed by atoms with Gasteiger partial charge >= 0.3 is 6.18 Å². The lowest BCUT2D eigenvalue weighted by molar-refractivity contribution is -0.137. The van der Waals surface area contributed by atoms with Gasteiger partial charge in [0, 0.05) is 11.3 Å². The van der Waals surface area contributed by atoms with Crippen molar-refractivity contribution < 1.29 is 26.7 Å². The molecule has 3 aromatic rings. The zero-order chi connectivity index (χ0) is 21.5. The second-order valence-electron chi connectivity index (χ2n) is 6.34. The Bertz CT molecular complexity index is 1090. The van der Waals surface area contributed by atoms with Crippen LogP contribution in [-0.2, 0) is 17.5 Å². The van der Waals surface area contributed by atoms with Gasteiger partial charge in [-0.15, -0.1) is 0 Å². The SMILES string of the molecule is Cc1cc(C(F)F)c2c(C)nn(CC(=O)Nc3cc(C(F)(F)F)ccc3Cl)c2n1. The van der Waals surface area contributed by atoms with E-state index in [1.807, 2.05) is 0 Å². The zero-order valence-electron chi connectivity index (χ0n) is 15.1. The van der Waals surface area contributed by atoms with Gasteiger partial charge in [0.15, 0.2) is 5.65 Å². The fourth-order valence-corrected chi connectivity index (χ4v) is 3.09. The van der Waals surface area contributed by atoms with Crippen molar-refractivity contribution in [3.8, 4) is 0 Å². The number of hydrogen-bond donors (Lipinski definition) is 1. The normalized spacial score (nSPS) is 12.0. The molecule has 0 atom stereocenters. The molecule has 0 saturated carbocycles. The molecule has 1 amide bonds. The largest absolute Gasteiger partial charge is 0.416 e. The average Bonchev–Trinajstić information content (AvgIpc) is 2.90. The molecule has 1 aromatic carbocycles. The second kappa shape index (κ2) is 7.58. The number of halogens is 6. The number of rotatable bonds is 4. The van der Waals surface area contributed by atoms with E-state index in [9.17, 15) is 26.7 Å². The van der Waals surface area contributed by atoms with Crippen LogP contribution in [-0.4, -0.2) is 20.7 Å². The smallest absolute Gasteiger partial charge is 0.323 e. The number of benzene rings is 1. The summed E-state index contributed by atoms with van der Waals surface area (Å²) in [7, 11) is 0. The second-order valence-corrected chi connectivity index (χ2v) is 6.74. The molecule has 0 aliphatic heterocycles. The van der Waals surface area contributed by atoms with Gasteiger partial charge in [-0.3, -0.25) is 4.79 Å². The van der Waals surface area contributed by atoms with E-state index in [2.05, 4.69) is 15.4 Å². The molecule has 154 valence electrons. The molecule has 0 aliphatic rings. The molecule has 3 rings (SSSR count). The number of hydrogen-bond acceptors (Lipinski definition) is 3. The van der Waals surface area contributed by atoms with Crippen molar-refractivity contribution in [2.75, 3.05) is 5.32 Å². The van der Waals surface area contributed by atoms with Gasteiger partial charge in [-0.25, -0.2) is 18.4 Å². The Labute approximate surface area is 166 Å². The first-order valence-corrected chi connectivity index (χ1v) is 8.64. The fourth-order valence-electron chi connectivity index (χ4n) is 2.92. The summed E-state index contributed by atoms with van der Waals surface area (Å²) in [5, 5.41) is 6.42. The predicted octanol–water partition coefficient (Wildman–Crippen LogP) is 5.30. The monoisotopic (exact) mass is 432 g/mol. The molecule has 5 nitrogen and oxygen atoms in total. The van der Waals surface area contributed by atoms with Crippen molar-refractivity contribution in [3.05, 3.63) is 51.8 Å². The molecule has 1 N–H and O–H groups in total. The Morgan fingerprint density at radius 3 is 2.55 bits per heavy atom. The number of pyridine rings is 1. The molecule has 11 heteroatoms. The maximum absolute atomic E-state index is 13.3. The van der Waals surface area contributed by atoms with Crippen LogP contribution in [0.25, 0.3) is 11.0 Å². The van der Waals surface area contributed by atoms with Crippen molar-refractivity contribution >= 4 is 34.2 Å². The van der Waals surface area contributed by atoms with Gasteiger partial charge in [0.25, 0.3) is 6.43 Å². The number of carbonyl (C=O) groups excluding carboxylic acids is 1. The van der Waals surface area contributed by atoms with Crippen molar-refractivity contribution in [2.24, 2.45) is 0 Å². The van der Waals surface area contributed by atoms with Crippen molar-refractivity contribution in [2.45, 2.75) is 33.0 Å². The molecule has 2 aromatic heterocycles. The summed E-state index contributed by atoms with van der Waals surface area (Å²) in [4.78, 5) is 16.5. The molecule has 29 heavy (non-hydrogen) atoms. The highest BCUT2D eigenvalue weighted by Gasteiger charge is 2.31. The van der Waals surface area contributed by atoms with Crippen LogP contribution in [0.4, 0.5) is 27.6 Å². The fraction of sp³-hybridized carbons (Fsp3) is 0.278. The maximum atomic E-state index is 13.3. The Morgan fingerprint density at radius 2 is 1.93 bits per heavy atom. The number of aromatic nitrogens is 3. The number of nitrogens with zero attached hydrogens (tertiary/aromatic N) is 3. The quantitative estimate of drug-likeness (QED) is 0.569. The van der Waals surface area contributed by atoms with Crippen LogP contribution >= 0.6 is 11.6 Å². The van der Waals surface area contributed by atoms with Gasteiger partial charge < -0.3 is 5.32 Å². The minimum atomic E-state index is -4.60. The number of aryl methyl sites for hydroxylation is 2. The molecule has 0 spiro atoms. The van der Waals surface area contributed by atoms with Gasteiger partial charge in [-0.1, -0.05) is 11.6 Å². The van der Waals surface area contributed by atoms with Gasteiger partial charge in [0.2, 0.25) is 5.91 Å². The standard InChI is InChI=1S/C18H14ClF5N4O/c1-8-5-11(16(20)21)15-9(2)27-28(17(15)25-8)7-14(29)26-13-6-10(18(22,23)24)3-4-12(13)19/h3-6,16H,7H2,1-2H3,(H,26,29). The number of nitrogens with one attached hydrogen (secondary N) is 1. The third kappa shape index (κ3) is 4.31. The summed E-state index contributed by atoms with van der Waals surface area (Å²) in [6.45, 7) is 2.58. The highest BCUT2D eigenvalue weighted by molar-refractivity contribution is 6.33. The highest BCUT2D eigenvalue weighted by Crippen LogP contribution is 2.34. The Morgan fingerprint density at radius 1 is 1.24 bits per heavy atom. The number of amides is 1. The van der Waals surface area contributed by atoms with Crippen molar-refractivity contribution in [3.63, 3.8) is 0 Å². The zero-order valence-corrected chi connectivity index (χ0v) is 15.9. The Hall–Kier alpha value is -2.75. The lowest BCUT2D eigenvalue weighted by Gasteiger charge is -2.12. The van der Waals surface area contributed by atoms with E-state index in [-0.39, 0.29) is 33.0 Å². The topological polar surface area (TPSA) is 59.8 Å². The lowest BCUT2D eigenvalue weighted by Crippen LogP contribution is -2.20. The van der Waals surface area contributed by atoms with Crippen LogP contribution in [0.3, 0.4) is 0 Å². The van der Waals surface area contributed by atoms with Gasteiger partial charge in [0.1, 0.15) is 6.54 Å². The summed E-state index contributed by atoms with van der Waals surface area (Å²) in [6.07, 6.45) is -7.36. The van der Waals surface area contributed by atoms with Crippen LogP contribution in [0.1, 0.15) is 28.9 Å². The summed E-state index contributed by atoms with van der Waals surface area (Å²) in [5.74, 6) is -0.738. The highest BCUT2D eigenvalue weighted by atomic mass is 35.5. The summed E-state index contributed by atoms with van der Waals surface area (Å²) in [6, 6.07) is 3.77. The van der Waals surface area contributed by atoms with Gasteiger partial charge in [-0.2, -0.15) is 18.3 Å². The van der Waals surface area contributed by atoms with E-state index < -0.39 is 30.6 Å². The molecule has 0 unspecified atom stereocenters. The molecular formula is C18H14ClF5N4O. The average molecular weight is 433 g/mol. The van der Waals surface area contributed by atoms with Crippen LogP contribution in [0.5, 0.6) is 0 Å². The molecular weight excluding hydrogens is 419 g/mol. The molecule has 0 aliphatic carbocycles. The van der Waals surface area contributed by atoms with Crippen LogP contribution in [0, 0.1) is 13.8 Å². The van der Waals surface area contributed by atoms with Crippen LogP contribution < -0.4 is 5.32 Å². The minimum Gasteiger partial charge on any atom is -0.323 e. The van der Waals surface area contributed by atoms with E-state index in [4.69, 9.17) is 11.6 Å². The van der Waals surface area contributed by atoms with Gasteiger partial charge in [0.05, 0.1) is 27.4 Å². The third-order valence-electron chi connectivity index (χ3n) is 4.13. The molecule has 0 fully saturated rings. The third-order valence-corrected chi connectivity index (χ3v) is 4.46. The first-order valence-electron chi connectivity index (χ1n) is 8.26. The summed E-state index contributed by atoms with van der Waals surface area (Å²) >= 11 is 5.87. The first kappa shape index (κ1) is 21.0. The van der Waals surface area contributed by atoms with E-state index >= 15 is 0 Å². The predicted molar refractivity (Wildman–Crippen MR) is 97.0 cm³/mol. The minimum absolute atomic E-state index is 0.0817. The van der Waals surface area contributed by atoms with Gasteiger partial charge in [-0.05, 0) is 38.1 Å². The number of alkyl halides is 5. The molecule has 0 radical (unpaired) electrons. The Balaban J connectivity index is 1.92. The Kier molecular flexibility index (Phi) is 5.48. The van der Waals surface area contributed by atoms with E-state index in [0.29, 0.717) is 11.8 Å². The lowest BCUT2D eigenvalue weighted by atomic mass is 10.1. The van der Waals surface area contributed by atoms with E-state index in [1.54, 1.807) is 0 Å². The van der Waals surface area contributed by atoms with E-state index in [1.165, 1.54) is 19.9 Å². The molecule has 2 heterocycles. The number of fused-ring (bicyclic) bond motifs is 1. The maximum Gasteiger partial charge on any atom is 0.416 e. The van der Waals surface area contributed by atoms with Crippen LogP contribution in [0.15, 0.2) is 24.3 Å². The van der Waals surface area contributed by atoms with Crippen LogP contribution in [0.2, 0.25) is 5.02 Å². The molecule has 0 bridgehead atoms. The summed E-state index contributed by atoms with van der Waals surface area (Å²) < 4.78 is 66.4. The number of anilines is 1. The number of carbonyl (C=O) groups is 1. The van der Waals surface area contributed by atoms with Crippen molar-refractivity contribution in [1.82, 2.24) is 14.8 Å². The summed E-state index contributed by atoms with van der Waals surface area (Å²) in [5.41, 5.74) is -0.794. The van der Waals surface area contributed by atoms with Crippen molar-refractivity contribution in [1.29, 1.82) is 0 Å². The van der Waals surface area contributed by atoms with E-state index in [0.717, 1.165) is 16.8 Å². The first-order chi connectivity index (χ1) is 13.5.